The molecule has 0 amide bonds. The first-order chi connectivity index (χ1) is 13.8. The summed E-state index contributed by atoms with van der Waals surface area (Å²) in [5.41, 5.74) is 2.17. The van der Waals surface area contributed by atoms with Crippen LogP contribution in [0.25, 0.3) is 6.08 Å². The fourth-order valence-electron chi connectivity index (χ4n) is 4.18. The Bertz CT molecular complexity index is 955. The predicted molar refractivity (Wildman–Crippen MR) is 115 cm³/mol. The van der Waals surface area contributed by atoms with E-state index in [1.165, 1.54) is 11.6 Å². The highest BCUT2D eigenvalue weighted by atomic mass is 16.3. The number of allylic oxidation sites excluding steroid dienone is 3. The number of hydrogen-bond acceptors (Lipinski definition) is 4. The molecule has 2 aromatic rings. The smallest absolute Gasteiger partial charge is 0.193 e. The van der Waals surface area contributed by atoms with Gasteiger partial charge in [0.25, 0.3) is 0 Å². The summed E-state index contributed by atoms with van der Waals surface area (Å²) >= 11 is 0. The number of hydrogen-bond donors (Lipinski definition) is 3. The molecular weight excluding hydrogens is 364 g/mol. The first kappa shape index (κ1) is 20.7. The number of phenolic OH excluding ortho intramolecular Hbond substituents is 3. The summed E-state index contributed by atoms with van der Waals surface area (Å²) in [6, 6.07) is 10.5. The van der Waals surface area contributed by atoms with Crippen LogP contribution in [0.4, 0.5) is 0 Å². The molecule has 152 valence electrons. The molecule has 0 heterocycles. The van der Waals surface area contributed by atoms with Crippen molar-refractivity contribution in [2.24, 2.45) is 11.8 Å². The maximum Gasteiger partial charge on any atom is 0.193 e. The number of benzene rings is 2. The van der Waals surface area contributed by atoms with Gasteiger partial charge in [0.15, 0.2) is 5.78 Å². The maximum absolute atomic E-state index is 12.8. The van der Waals surface area contributed by atoms with Gasteiger partial charge in [-0.2, -0.15) is 0 Å². The Morgan fingerprint density at radius 2 is 1.79 bits per heavy atom. The molecule has 0 radical (unpaired) electrons. The van der Waals surface area contributed by atoms with Gasteiger partial charge in [0.2, 0.25) is 0 Å². The lowest BCUT2D eigenvalue weighted by Gasteiger charge is -2.34. The van der Waals surface area contributed by atoms with Crippen molar-refractivity contribution in [3.05, 3.63) is 70.8 Å². The molecule has 1 aliphatic carbocycles. The maximum atomic E-state index is 12.8. The molecular formula is C25H28O4. The molecule has 0 bridgehead atoms. The Kier molecular flexibility index (Phi) is 6.12. The summed E-state index contributed by atoms with van der Waals surface area (Å²) in [6.07, 6.45) is 6.95. The summed E-state index contributed by atoms with van der Waals surface area (Å²) in [4.78, 5) is 12.8. The minimum Gasteiger partial charge on any atom is -0.507 e. The molecule has 0 spiro atoms. The third kappa shape index (κ3) is 4.37. The average Bonchev–Trinajstić information content (AvgIpc) is 2.66. The molecule has 4 nitrogen and oxygen atoms in total. The van der Waals surface area contributed by atoms with E-state index in [2.05, 4.69) is 19.9 Å². The van der Waals surface area contributed by atoms with Gasteiger partial charge in [-0.3, -0.25) is 4.79 Å². The topological polar surface area (TPSA) is 77.8 Å². The van der Waals surface area contributed by atoms with E-state index in [1.54, 1.807) is 6.08 Å². The lowest BCUT2D eigenvalue weighted by molar-refractivity contribution is 0.104. The van der Waals surface area contributed by atoms with Gasteiger partial charge < -0.3 is 15.3 Å². The van der Waals surface area contributed by atoms with Gasteiger partial charge in [-0.25, -0.2) is 0 Å². The SMILES string of the molecule is CC1=C[C@@H](c2c(O)cc(O)c(C(=O)/C=C/c3ccccc3)c2O)[C@H](C(C)C)CC1. The summed E-state index contributed by atoms with van der Waals surface area (Å²) in [7, 11) is 0. The Morgan fingerprint density at radius 3 is 2.45 bits per heavy atom. The van der Waals surface area contributed by atoms with Crippen LogP contribution in [0.3, 0.4) is 0 Å². The van der Waals surface area contributed by atoms with Crippen molar-refractivity contribution in [3.63, 3.8) is 0 Å². The van der Waals surface area contributed by atoms with Gasteiger partial charge in [0.1, 0.15) is 22.8 Å². The summed E-state index contributed by atoms with van der Waals surface area (Å²) in [5, 5.41) is 31.8. The highest BCUT2D eigenvalue weighted by Gasteiger charge is 2.33. The van der Waals surface area contributed by atoms with Crippen LogP contribution in [0.2, 0.25) is 0 Å². The molecule has 0 aliphatic heterocycles. The van der Waals surface area contributed by atoms with Crippen LogP contribution in [-0.4, -0.2) is 21.1 Å². The van der Waals surface area contributed by atoms with Crippen molar-refractivity contribution in [1.29, 1.82) is 0 Å². The Balaban J connectivity index is 2.05. The Morgan fingerprint density at radius 1 is 1.10 bits per heavy atom. The van der Waals surface area contributed by atoms with Crippen LogP contribution in [0.5, 0.6) is 17.2 Å². The van der Waals surface area contributed by atoms with E-state index in [0.29, 0.717) is 11.5 Å². The number of rotatable bonds is 5. The summed E-state index contributed by atoms with van der Waals surface area (Å²) in [5.74, 6) is -1.12. The van der Waals surface area contributed by atoms with E-state index in [0.717, 1.165) is 24.5 Å². The van der Waals surface area contributed by atoms with Gasteiger partial charge in [-0.05, 0) is 43.2 Å². The Hall–Kier alpha value is -3.01. The normalized spacial score (nSPS) is 19.5. The van der Waals surface area contributed by atoms with E-state index < -0.39 is 11.5 Å². The second kappa shape index (κ2) is 8.56. The highest BCUT2D eigenvalue weighted by molar-refractivity contribution is 6.11. The molecule has 0 aromatic heterocycles. The first-order valence-corrected chi connectivity index (χ1v) is 10.0. The molecule has 2 aromatic carbocycles. The fraction of sp³-hybridized carbons (Fsp3) is 0.320. The largest absolute Gasteiger partial charge is 0.507 e. The van der Waals surface area contributed by atoms with E-state index in [9.17, 15) is 20.1 Å². The average molecular weight is 392 g/mol. The zero-order valence-corrected chi connectivity index (χ0v) is 17.1. The third-order valence-corrected chi connectivity index (χ3v) is 5.76. The summed E-state index contributed by atoms with van der Waals surface area (Å²) < 4.78 is 0. The van der Waals surface area contributed by atoms with Crippen LogP contribution >= 0.6 is 0 Å². The van der Waals surface area contributed by atoms with Gasteiger partial charge in [0, 0.05) is 17.5 Å². The third-order valence-electron chi connectivity index (χ3n) is 5.76. The van der Waals surface area contributed by atoms with Crippen molar-refractivity contribution in [1.82, 2.24) is 0 Å². The molecule has 0 saturated carbocycles. The van der Waals surface area contributed by atoms with Crippen LogP contribution < -0.4 is 0 Å². The highest BCUT2D eigenvalue weighted by Crippen LogP contribution is 2.49. The van der Waals surface area contributed by atoms with Gasteiger partial charge in [-0.1, -0.05) is 61.9 Å². The Labute approximate surface area is 171 Å². The van der Waals surface area contributed by atoms with Crippen molar-refractivity contribution in [2.75, 3.05) is 0 Å². The minimum absolute atomic E-state index is 0.177. The summed E-state index contributed by atoms with van der Waals surface area (Å²) in [6.45, 7) is 6.28. The van der Waals surface area contributed by atoms with Gasteiger partial charge in [0.05, 0.1) is 0 Å². The van der Waals surface area contributed by atoms with Gasteiger partial charge in [-0.15, -0.1) is 0 Å². The molecule has 0 saturated heterocycles. The zero-order valence-electron chi connectivity index (χ0n) is 17.1. The minimum atomic E-state index is -0.511. The number of aromatic hydroxyl groups is 3. The lowest BCUT2D eigenvalue weighted by Crippen LogP contribution is -2.21. The molecule has 4 heteroatoms. The number of phenols is 3. The molecule has 0 fully saturated rings. The first-order valence-electron chi connectivity index (χ1n) is 10.0. The van der Waals surface area contributed by atoms with Crippen molar-refractivity contribution in [3.8, 4) is 17.2 Å². The van der Waals surface area contributed by atoms with E-state index >= 15 is 0 Å². The second-order valence-corrected chi connectivity index (χ2v) is 8.15. The monoisotopic (exact) mass is 392 g/mol. The molecule has 3 rings (SSSR count). The molecule has 3 N–H and O–H groups in total. The van der Waals surface area contributed by atoms with Crippen LogP contribution in [0.15, 0.2) is 54.1 Å². The van der Waals surface area contributed by atoms with Crippen LogP contribution in [0.1, 0.15) is 61.0 Å². The van der Waals surface area contributed by atoms with E-state index in [1.807, 2.05) is 37.3 Å². The molecule has 1 aliphatic rings. The second-order valence-electron chi connectivity index (χ2n) is 8.15. The van der Waals surface area contributed by atoms with E-state index in [4.69, 9.17) is 0 Å². The number of carbonyl (C=O) groups excluding carboxylic acids is 1. The zero-order chi connectivity index (χ0) is 21.1. The predicted octanol–water partition coefficient (Wildman–Crippen LogP) is 5.80. The standard InChI is InChI=1S/C25H28O4/c1-15(2)18-11-9-16(3)13-19(18)23-21(27)14-22(28)24(25(23)29)20(26)12-10-17-7-5-4-6-8-17/h4-8,10,12-15,18-19,27-29H,9,11H2,1-3H3/b12-10+/t18-,19+/m0/s1. The van der Waals surface area contributed by atoms with Crippen molar-refractivity contribution in [2.45, 2.75) is 39.5 Å². The van der Waals surface area contributed by atoms with E-state index in [-0.39, 0.29) is 28.9 Å². The van der Waals surface area contributed by atoms with Gasteiger partial charge >= 0.3 is 0 Å². The number of ketones is 1. The van der Waals surface area contributed by atoms with Crippen LogP contribution in [0, 0.1) is 11.8 Å². The number of carbonyl (C=O) groups is 1. The fourth-order valence-corrected chi connectivity index (χ4v) is 4.18. The quantitative estimate of drug-likeness (QED) is 0.342. The van der Waals surface area contributed by atoms with Crippen molar-refractivity contribution >= 4 is 11.9 Å². The lowest BCUT2D eigenvalue weighted by atomic mass is 9.71. The van der Waals surface area contributed by atoms with Crippen molar-refractivity contribution < 1.29 is 20.1 Å². The molecule has 0 unspecified atom stereocenters. The van der Waals surface area contributed by atoms with Crippen LogP contribution in [-0.2, 0) is 0 Å². The molecule has 2 atom stereocenters. The molecule has 29 heavy (non-hydrogen) atoms.